The zero-order valence-electron chi connectivity index (χ0n) is 11.1. The Morgan fingerprint density at radius 1 is 1.10 bits per heavy atom. The van der Waals surface area contributed by atoms with Crippen LogP contribution in [0, 0.1) is 5.92 Å². The third-order valence-electron chi connectivity index (χ3n) is 3.85. The van der Waals surface area contributed by atoms with E-state index < -0.39 is 10.0 Å². The average Bonchev–Trinajstić information content (AvgIpc) is 2.35. The van der Waals surface area contributed by atoms with Gasteiger partial charge in [-0.2, -0.15) is 0 Å². The van der Waals surface area contributed by atoms with Crippen LogP contribution in [0.3, 0.4) is 0 Å². The van der Waals surface area contributed by atoms with E-state index >= 15 is 0 Å². The molecule has 0 aliphatic heterocycles. The molecule has 0 unspecified atom stereocenters. The quantitative estimate of drug-likeness (QED) is 0.941. The molecule has 0 radical (unpaired) electrons. The molecule has 106 valence electrons. The summed E-state index contributed by atoms with van der Waals surface area (Å²) < 4.78 is 29.1. The summed E-state index contributed by atoms with van der Waals surface area (Å²) >= 11 is 0. The molecule has 3 rings (SSSR count). The van der Waals surface area contributed by atoms with Crippen molar-refractivity contribution in [1.82, 2.24) is 0 Å². The van der Waals surface area contributed by atoms with Crippen LogP contribution in [0.1, 0.15) is 19.3 Å². The van der Waals surface area contributed by atoms with E-state index in [1.807, 2.05) is 12.1 Å². The maximum absolute atomic E-state index is 11.6. The molecule has 0 aromatic heterocycles. The number of nitrogens with two attached hydrogens (primary N) is 1. The lowest BCUT2D eigenvalue weighted by Crippen LogP contribution is -2.19. The van der Waals surface area contributed by atoms with Gasteiger partial charge in [0.25, 0.3) is 0 Å². The number of hydrogen-bond donors (Lipinski definition) is 1. The van der Waals surface area contributed by atoms with E-state index in [1.54, 1.807) is 18.2 Å². The first-order chi connectivity index (χ1) is 9.55. The monoisotopic (exact) mass is 291 g/mol. The van der Waals surface area contributed by atoms with E-state index in [9.17, 15) is 8.42 Å². The Morgan fingerprint density at radius 2 is 1.80 bits per heavy atom. The summed E-state index contributed by atoms with van der Waals surface area (Å²) in [6.45, 7) is 0.693. The molecule has 1 saturated carbocycles. The zero-order chi connectivity index (χ0) is 14.2. The van der Waals surface area contributed by atoms with Gasteiger partial charge in [-0.05, 0) is 30.9 Å². The van der Waals surface area contributed by atoms with E-state index in [0.717, 1.165) is 11.1 Å². The minimum Gasteiger partial charge on any atom is -0.493 e. The third kappa shape index (κ3) is 2.51. The topological polar surface area (TPSA) is 69.4 Å². The molecular formula is C15H17NO3S. The van der Waals surface area contributed by atoms with E-state index in [4.69, 9.17) is 9.88 Å². The Balaban J connectivity index is 2.01. The highest BCUT2D eigenvalue weighted by Gasteiger charge is 2.19. The molecular weight excluding hydrogens is 274 g/mol. The summed E-state index contributed by atoms with van der Waals surface area (Å²) in [5.41, 5.74) is 0. The summed E-state index contributed by atoms with van der Waals surface area (Å²) in [7, 11) is -3.73. The molecule has 1 fully saturated rings. The molecule has 2 aromatic carbocycles. The van der Waals surface area contributed by atoms with Crippen LogP contribution >= 0.6 is 0 Å². The highest BCUT2D eigenvalue weighted by atomic mass is 32.2. The zero-order valence-corrected chi connectivity index (χ0v) is 11.9. The fraction of sp³-hybridized carbons (Fsp3) is 0.333. The standard InChI is InChI=1S/C15H17NO3S/c16-20(17,18)15-9-8-14(19-10-11-4-3-5-11)12-6-1-2-7-13(12)15/h1-2,6-9,11H,3-5,10H2,(H2,16,17,18). The van der Waals surface area contributed by atoms with E-state index in [1.165, 1.54) is 25.3 Å². The molecule has 4 nitrogen and oxygen atoms in total. The number of hydrogen-bond acceptors (Lipinski definition) is 3. The molecule has 20 heavy (non-hydrogen) atoms. The highest BCUT2D eigenvalue weighted by molar-refractivity contribution is 7.89. The van der Waals surface area contributed by atoms with Gasteiger partial charge >= 0.3 is 0 Å². The van der Waals surface area contributed by atoms with Crippen molar-refractivity contribution in [3.8, 4) is 5.75 Å². The summed E-state index contributed by atoms with van der Waals surface area (Å²) in [6.07, 6.45) is 3.71. The predicted octanol–water partition coefficient (Wildman–Crippen LogP) is 2.67. The first-order valence-electron chi connectivity index (χ1n) is 6.73. The lowest BCUT2D eigenvalue weighted by Gasteiger charge is -2.25. The summed E-state index contributed by atoms with van der Waals surface area (Å²) in [4.78, 5) is 0.143. The second-order valence-electron chi connectivity index (χ2n) is 5.26. The van der Waals surface area contributed by atoms with Gasteiger partial charge < -0.3 is 4.74 Å². The fourth-order valence-corrected chi connectivity index (χ4v) is 3.23. The van der Waals surface area contributed by atoms with Crippen molar-refractivity contribution in [1.29, 1.82) is 0 Å². The maximum atomic E-state index is 11.6. The molecule has 0 bridgehead atoms. The van der Waals surface area contributed by atoms with Crippen LogP contribution in [0.5, 0.6) is 5.75 Å². The van der Waals surface area contributed by atoms with Crippen molar-refractivity contribution in [2.24, 2.45) is 11.1 Å². The Hall–Kier alpha value is -1.59. The lowest BCUT2D eigenvalue weighted by atomic mass is 9.86. The lowest BCUT2D eigenvalue weighted by molar-refractivity contribution is 0.182. The summed E-state index contributed by atoms with van der Waals surface area (Å²) in [5, 5.41) is 6.66. The Labute approximate surface area is 118 Å². The number of primary sulfonamides is 1. The van der Waals surface area contributed by atoms with Gasteiger partial charge in [0.1, 0.15) is 5.75 Å². The van der Waals surface area contributed by atoms with Gasteiger partial charge in [0.2, 0.25) is 10.0 Å². The first kappa shape index (κ1) is 13.4. The van der Waals surface area contributed by atoms with Crippen LogP contribution in [0.15, 0.2) is 41.3 Å². The minimum atomic E-state index is -3.73. The van der Waals surface area contributed by atoms with E-state index in [-0.39, 0.29) is 4.90 Å². The molecule has 0 spiro atoms. The smallest absolute Gasteiger partial charge is 0.238 e. The van der Waals surface area contributed by atoms with Crippen molar-refractivity contribution in [3.63, 3.8) is 0 Å². The minimum absolute atomic E-state index is 0.143. The number of rotatable bonds is 4. The third-order valence-corrected chi connectivity index (χ3v) is 4.82. The molecule has 0 heterocycles. The normalized spacial score (nSPS) is 16.1. The highest BCUT2D eigenvalue weighted by Crippen LogP contribution is 2.32. The molecule has 0 amide bonds. The van der Waals surface area contributed by atoms with Crippen molar-refractivity contribution < 1.29 is 13.2 Å². The number of ether oxygens (including phenoxy) is 1. The number of fused-ring (bicyclic) bond motifs is 1. The van der Waals surface area contributed by atoms with Crippen LogP contribution in [0.4, 0.5) is 0 Å². The van der Waals surface area contributed by atoms with Crippen molar-refractivity contribution in [2.45, 2.75) is 24.2 Å². The largest absolute Gasteiger partial charge is 0.493 e. The van der Waals surface area contributed by atoms with Gasteiger partial charge in [-0.15, -0.1) is 0 Å². The Bertz CT molecular complexity index is 736. The van der Waals surface area contributed by atoms with Crippen molar-refractivity contribution in [3.05, 3.63) is 36.4 Å². The SMILES string of the molecule is NS(=O)(=O)c1ccc(OCC2CCC2)c2ccccc12. The van der Waals surface area contributed by atoms with Gasteiger partial charge in [-0.25, -0.2) is 13.6 Å². The van der Waals surface area contributed by atoms with E-state index in [0.29, 0.717) is 17.9 Å². The van der Waals surface area contributed by atoms with Crippen LogP contribution in [0.2, 0.25) is 0 Å². The molecule has 1 aliphatic rings. The molecule has 1 aliphatic carbocycles. The molecule has 0 atom stereocenters. The molecule has 2 aromatic rings. The molecule has 5 heteroatoms. The second-order valence-corrected chi connectivity index (χ2v) is 6.79. The van der Waals surface area contributed by atoms with Gasteiger partial charge in [0.15, 0.2) is 0 Å². The Morgan fingerprint density at radius 3 is 2.40 bits per heavy atom. The van der Waals surface area contributed by atoms with E-state index in [2.05, 4.69) is 0 Å². The molecule has 2 N–H and O–H groups in total. The molecule has 0 saturated heterocycles. The van der Waals surface area contributed by atoms with Gasteiger partial charge in [-0.1, -0.05) is 30.7 Å². The van der Waals surface area contributed by atoms with Crippen LogP contribution < -0.4 is 9.88 Å². The summed E-state index contributed by atoms with van der Waals surface area (Å²) in [5.74, 6) is 1.35. The number of sulfonamides is 1. The fourth-order valence-electron chi connectivity index (χ4n) is 2.48. The first-order valence-corrected chi connectivity index (χ1v) is 8.28. The predicted molar refractivity (Wildman–Crippen MR) is 78.2 cm³/mol. The Kier molecular flexibility index (Phi) is 3.40. The van der Waals surface area contributed by atoms with Crippen LogP contribution in [0.25, 0.3) is 10.8 Å². The van der Waals surface area contributed by atoms with Crippen LogP contribution in [-0.2, 0) is 10.0 Å². The maximum Gasteiger partial charge on any atom is 0.238 e. The second kappa shape index (κ2) is 5.07. The van der Waals surface area contributed by atoms with Gasteiger partial charge in [0.05, 0.1) is 11.5 Å². The van der Waals surface area contributed by atoms with Crippen molar-refractivity contribution in [2.75, 3.05) is 6.61 Å². The van der Waals surface area contributed by atoms with Gasteiger partial charge in [0, 0.05) is 10.8 Å². The van der Waals surface area contributed by atoms with Gasteiger partial charge in [-0.3, -0.25) is 0 Å². The number of benzene rings is 2. The van der Waals surface area contributed by atoms with Crippen molar-refractivity contribution >= 4 is 20.8 Å². The van der Waals surface area contributed by atoms with Crippen LogP contribution in [-0.4, -0.2) is 15.0 Å². The summed E-state index contributed by atoms with van der Waals surface area (Å²) in [6, 6.07) is 10.5. The average molecular weight is 291 g/mol.